The molecule has 0 heterocycles. The van der Waals surface area contributed by atoms with Crippen LogP contribution in [-0.2, 0) is 5.41 Å². The third kappa shape index (κ3) is 5.99. The van der Waals surface area contributed by atoms with Gasteiger partial charge in [-0.1, -0.05) is 153 Å². The molecule has 8 aromatic carbocycles. The third-order valence-corrected chi connectivity index (χ3v) is 10.6. The number of anilines is 6. The van der Waals surface area contributed by atoms with Crippen molar-refractivity contribution in [2.45, 2.75) is 19.3 Å². The molecule has 0 unspecified atom stereocenters. The zero-order chi connectivity index (χ0) is 35.8. The molecule has 0 saturated carbocycles. The second kappa shape index (κ2) is 13.5. The Kier molecular flexibility index (Phi) is 8.21. The average Bonchev–Trinajstić information content (AvgIpc) is 3.44. The normalized spacial score (nSPS) is 12.8. The predicted octanol–water partition coefficient (Wildman–Crippen LogP) is 14.3. The molecule has 254 valence electrons. The van der Waals surface area contributed by atoms with E-state index in [-0.39, 0.29) is 5.41 Å². The van der Waals surface area contributed by atoms with Crippen LogP contribution in [0.3, 0.4) is 0 Å². The van der Waals surface area contributed by atoms with Gasteiger partial charge >= 0.3 is 0 Å². The van der Waals surface area contributed by atoms with Gasteiger partial charge in [0.2, 0.25) is 0 Å². The molecule has 0 radical (unpaired) electrons. The van der Waals surface area contributed by atoms with Crippen LogP contribution in [0.5, 0.6) is 0 Å². The van der Waals surface area contributed by atoms with E-state index in [9.17, 15) is 0 Å². The molecular weight excluding hydrogens is 641 g/mol. The topological polar surface area (TPSA) is 6.48 Å². The fourth-order valence-corrected chi connectivity index (χ4v) is 7.92. The molecule has 1 aliphatic carbocycles. The Bertz CT molecular complexity index is 2520. The molecule has 53 heavy (non-hydrogen) atoms. The van der Waals surface area contributed by atoms with Gasteiger partial charge in [-0.15, -0.1) is 0 Å². The van der Waals surface area contributed by atoms with Crippen molar-refractivity contribution >= 4 is 57.0 Å². The fourth-order valence-electron chi connectivity index (χ4n) is 7.92. The molecule has 0 aromatic heterocycles. The molecule has 8 aromatic rings. The van der Waals surface area contributed by atoms with Crippen molar-refractivity contribution in [3.05, 3.63) is 216 Å². The lowest BCUT2D eigenvalue weighted by molar-refractivity contribution is 0.660. The fraction of sp³-hybridized carbons (Fsp3) is 0.0588. The monoisotopic (exact) mass is 680 g/mol. The summed E-state index contributed by atoms with van der Waals surface area (Å²) in [4.78, 5) is 4.69. The standard InChI is InChI=1S/C51H40N2/c1-51(2)48-35-38(26-25-37-27-30-43(31-28-37)52(40-17-6-3-7-18-40)41-19-8-4-9-20-41)29-33-46(48)47-34-32-44(36-49(47)51)53(42-21-10-5-11-22-42)50-24-14-16-39-15-12-13-23-45(39)50/h3-36H,1-2H3/b26-25+. The zero-order valence-corrected chi connectivity index (χ0v) is 30.0. The van der Waals surface area contributed by atoms with Gasteiger partial charge in [0.05, 0.1) is 5.69 Å². The smallest absolute Gasteiger partial charge is 0.0540 e. The highest BCUT2D eigenvalue weighted by Crippen LogP contribution is 2.51. The van der Waals surface area contributed by atoms with Crippen molar-refractivity contribution in [2.75, 3.05) is 9.80 Å². The van der Waals surface area contributed by atoms with E-state index in [1.54, 1.807) is 0 Å². The summed E-state index contributed by atoms with van der Waals surface area (Å²) < 4.78 is 0. The largest absolute Gasteiger partial charge is 0.311 e. The Morgan fingerprint density at radius 3 is 1.51 bits per heavy atom. The maximum absolute atomic E-state index is 2.41. The third-order valence-electron chi connectivity index (χ3n) is 10.6. The first kappa shape index (κ1) is 32.3. The molecule has 0 bridgehead atoms. The molecule has 0 N–H and O–H groups in total. The highest BCUT2D eigenvalue weighted by Gasteiger charge is 2.36. The summed E-state index contributed by atoms with van der Waals surface area (Å²) in [6.45, 7) is 4.73. The van der Waals surface area contributed by atoms with Crippen molar-refractivity contribution in [2.24, 2.45) is 0 Å². The molecule has 0 fully saturated rings. The molecule has 2 nitrogen and oxygen atoms in total. The Morgan fingerprint density at radius 1 is 0.377 bits per heavy atom. The van der Waals surface area contributed by atoms with E-state index in [1.807, 2.05) is 0 Å². The second-order valence-electron chi connectivity index (χ2n) is 14.3. The predicted molar refractivity (Wildman–Crippen MR) is 226 cm³/mol. The average molecular weight is 681 g/mol. The van der Waals surface area contributed by atoms with Gasteiger partial charge in [0.15, 0.2) is 0 Å². The summed E-state index contributed by atoms with van der Waals surface area (Å²) in [5, 5.41) is 2.47. The van der Waals surface area contributed by atoms with Gasteiger partial charge in [0, 0.05) is 39.2 Å². The molecular formula is C51H40N2. The van der Waals surface area contributed by atoms with Gasteiger partial charge in [-0.3, -0.25) is 0 Å². The van der Waals surface area contributed by atoms with Crippen LogP contribution in [0, 0.1) is 0 Å². The second-order valence-corrected chi connectivity index (χ2v) is 14.3. The van der Waals surface area contributed by atoms with Crippen LogP contribution in [0.1, 0.15) is 36.1 Å². The van der Waals surface area contributed by atoms with Gasteiger partial charge in [-0.05, 0) is 105 Å². The first-order valence-electron chi connectivity index (χ1n) is 18.4. The minimum Gasteiger partial charge on any atom is -0.311 e. The summed E-state index contributed by atoms with van der Waals surface area (Å²) in [7, 11) is 0. The summed E-state index contributed by atoms with van der Waals surface area (Å²) >= 11 is 0. The Morgan fingerprint density at radius 2 is 0.849 bits per heavy atom. The number of hydrogen-bond donors (Lipinski definition) is 0. The summed E-state index contributed by atoms with van der Waals surface area (Å²) in [6, 6.07) is 69.8. The molecule has 0 saturated heterocycles. The summed E-state index contributed by atoms with van der Waals surface area (Å²) in [6.07, 6.45) is 4.46. The van der Waals surface area contributed by atoms with E-state index in [0.717, 1.165) is 34.0 Å². The van der Waals surface area contributed by atoms with Crippen molar-refractivity contribution in [1.29, 1.82) is 0 Å². The van der Waals surface area contributed by atoms with Crippen molar-refractivity contribution < 1.29 is 0 Å². The molecule has 0 atom stereocenters. The lowest BCUT2D eigenvalue weighted by atomic mass is 9.81. The first-order valence-corrected chi connectivity index (χ1v) is 18.4. The van der Waals surface area contributed by atoms with E-state index in [1.165, 1.54) is 44.3 Å². The van der Waals surface area contributed by atoms with Crippen LogP contribution >= 0.6 is 0 Å². The molecule has 1 aliphatic rings. The summed E-state index contributed by atoms with van der Waals surface area (Å²) in [5.74, 6) is 0. The van der Waals surface area contributed by atoms with Crippen LogP contribution in [0.15, 0.2) is 194 Å². The van der Waals surface area contributed by atoms with Gasteiger partial charge < -0.3 is 9.80 Å². The number of para-hydroxylation sites is 3. The van der Waals surface area contributed by atoms with Crippen molar-refractivity contribution in [1.82, 2.24) is 0 Å². The maximum Gasteiger partial charge on any atom is 0.0540 e. The quantitative estimate of drug-likeness (QED) is 0.147. The van der Waals surface area contributed by atoms with E-state index in [2.05, 4.69) is 230 Å². The number of hydrogen-bond acceptors (Lipinski definition) is 2. The van der Waals surface area contributed by atoms with E-state index in [4.69, 9.17) is 0 Å². The van der Waals surface area contributed by atoms with E-state index >= 15 is 0 Å². The highest BCUT2D eigenvalue weighted by molar-refractivity contribution is 5.99. The van der Waals surface area contributed by atoms with Crippen LogP contribution in [0.4, 0.5) is 34.1 Å². The number of rotatable bonds is 8. The van der Waals surface area contributed by atoms with Gasteiger partial charge in [-0.25, -0.2) is 0 Å². The van der Waals surface area contributed by atoms with Crippen molar-refractivity contribution in [3.8, 4) is 11.1 Å². The van der Waals surface area contributed by atoms with Crippen molar-refractivity contribution in [3.63, 3.8) is 0 Å². The van der Waals surface area contributed by atoms with Crippen LogP contribution in [0.25, 0.3) is 34.1 Å². The van der Waals surface area contributed by atoms with E-state index < -0.39 is 0 Å². The van der Waals surface area contributed by atoms with Crippen LogP contribution < -0.4 is 9.80 Å². The molecule has 0 amide bonds. The van der Waals surface area contributed by atoms with Gasteiger partial charge in [-0.2, -0.15) is 0 Å². The van der Waals surface area contributed by atoms with Crippen LogP contribution in [-0.4, -0.2) is 0 Å². The van der Waals surface area contributed by atoms with Crippen LogP contribution in [0.2, 0.25) is 0 Å². The molecule has 9 rings (SSSR count). The molecule has 0 aliphatic heterocycles. The zero-order valence-electron chi connectivity index (χ0n) is 30.0. The lowest BCUT2D eigenvalue weighted by Crippen LogP contribution is -2.16. The van der Waals surface area contributed by atoms with E-state index in [0.29, 0.717) is 0 Å². The molecule has 2 heteroatoms. The first-order chi connectivity index (χ1) is 26.0. The maximum atomic E-state index is 2.41. The number of nitrogens with zero attached hydrogens (tertiary/aromatic N) is 2. The minimum atomic E-state index is -0.161. The number of benzene rings is 8. The lowest BCUT2D eigenvalue weighted by Gasteiger charge is -2.29. The highest BCUT2D eigenvalue weighted by atomic mass is 15.1. The summed E-state index contributed by atoms with van der Waals surface area (Å²) in [5.41, 5.74) is 14.4. The molecule has 0 spiro atoms. The Balaban J connectivity index is 1.02. The minimum absolute atomic E-state index is 0.161. The Hall–Kier alpha value is -6.64. The van der Waals surface area contributed by atoms with Gasteiger partial charge in [0.25, 0.3) is 0 Å². The van der Waals surface area contributed by atoms with Gasteiger partial charge in [0.1, 0.15) is 0 Å². The Labute approximate surface area is 312 Å². The SMILES string of the molecule is CC1(C)c2cc(/C=C/c3ccc(N(c4ccccc4)c4ccccc4)cc3)ccc2-c2ccc(N(c3ccccc3)c3cccc4ccccc34)cc21. The number of fused-ring (bicyclic) bond motifs is 4.